The third-order valence-corrected chi connectivity index (χ3v) is 6.72. The maximum atomic E-state index is 14.0. The average Bonchev–Trinajstić information content (AvgIpc) is 3.19. The second kappa shape index (κ2) is 9.65. The number of amides is 1. The van der Waals surface area contributed by atoms with E-state index in [1.165, 1.54) is 0 Å². The number of hydrogen-bond acceptors (Lipinski definition) is 6. The van der Waals surface area contributed by atoms with Gasteiger partial charge in [-0.15, -0.1) is 0 Å². The minimum absolute atomic E-state index is 0.0495. The van der Waals surface area contributed by atoms with Gasteiger partial charge in [0.25, 0.3) is 5.91 Å². The molecule has 1 amide bonds. The Morgan fingerprint density at radius 1 is 0.865 bits per heavy atom. The van der Waals surface area contributed by atoms with E-state index < -0.39 is 6.04 Å². The molecular weight excluding hydrogens is 470 g/mol. The number of ether oxygens (including phenoxy) is 3. The van der Waals surface area contributed by atoms with Gasteiger partial charge in [0.05, 0.1) is 37.3 Å². The Morgan fingerprint density at radius 2 is 1.54 bits per heavy atom. The second-order valence-corrected chi connectivity index (χ2v) is 8.95. The van der Waals surface area contributed by atoms with E-state index in [0.717, 1.165) is 11.1 Å². The summed E-state index contributed by atoms with van der Waals surface area (Å²) < 4.78 is 23.1. The fourth-order valence-corrected chi connectivity index (χ4v) is 4.79. The molecule has 1 atom stereocenters. The van der Waals surface area contributed by atoms with Gasteiger partial charge in [-0.1, -0.05) is 6.07 Å². The molecule has 0 bridgehead atoms. The van der Waals surface area contributed by atoms with E-state index in [9.17, 15) is 9.59 Å². The summed E-state index contributed by atoms with van der Waals surface area (Å²) in [6.45, 7) is 8.63. The minimum Gasteiger partial charge on any atom is -0.497 e. The lowest BCUT2D eigenvalue weighted by molar-refractivity contribution is 0.0971. The van der Waals surface area contributed by atoms with E-state index in [-0.39, 0.29) is 17.1 Å². The Bertz CT molecular complexity index is 1550. The molecule has 1 aliphatic heterocycles. The summed E-state index contributed by atoms with van der Waals surface area (Å²) >= 11 is 0. The molecule has 0 aliphatic carbocycles. The maximum absolute atomic E-state index is 14.0. The summed E-state index contributed by atoms with van der Waals surface area (Å²) in [6.07, 6.45) is 0. The Kier molecular flexibility index (Phi) is 6.38. The molecule has 0 spiro atoms. The highest BCUT2D eigenvalue weighted by atomic mass is 16.5. The quantitative estimate of drug-likeness (QED) is 0.312. The van der Waals surface area contributed by atoms with Crippen molar-refractivity contribution in [2.24, 2.45) is 0 Å². The molecule has 1 aromatic heterocycles. The van der Waals surface area contributed by atoms with Crippen LogP contribution < -0.4 is 24.5 Å². The van der Waals surface area contributed by atoms with Crippen molar-refractivity contribution in [3.8, 4) is 17.2 Å². The predicted molar refractivity (Wildman–Crippen MR) is 142 cm³/mol. The monoisotopic (exact) mass is 499 g/mol. The van der Waals surface area contributed by atoms with Gasteiger partial charge in [-0.2, -0.15) is 0 Å². The van der Waals surface area contributed by atoms with Crippen molar-refractivity contribution >= 4 is 22.6 Å². The minimum atomic E-state index is -0.715. The summed E-state index contributed by atoms with van der Waals surface area (Å²) in [4.78, 5) is 29.4. The molecule has 7 heteroatoms. The van der Waals surface area contributed by atoms with Crippen LogP contribution in [0.2, 0.25) is 0 Å². The molecule has 37 heavy (non-hydrogen) atoms. The molecule has 7 nitrogen and oxygen atoms in total. The summed E-state index contributed by atoms with van der Waals surface area (Å²) in [7, 11) is 1.59. The number of anilines is 1. The number of methoxy groups -OCH3 is 1. The lowest BCUT2D eigenvalue weighted by atomic mass is 9.97. The highest BCUT2D eigenvalue weighted by molar-refractivity contribution is 6.10. The molecule has 1 unspecified atom stereocenters. The maximum Gasteiger partial charge on any atom is 0.295 e. The molecule has 0 N–H and O–H groups in total. The molecule has 5 rings (SSSR count). The normalized spacial score (nSPS) is 14.7. The number of carbonyl (C=O) groups is 1. The molecule has 0 saturated carbocycles. The zero-order valence-corrected chi connectivity index (χ0v) is 21.6. The fraction of sp³-hybridized carbons (Fsp3) is 0.267. The molecule has 0 saturated heterocycles. The Balaban J connectivity index is 1.77. The van der Waals surface area contributed by atoms with Crippen LogP contribution in [-0.4, -0.2) is 26.2 Å². The van der Waals surface area contributed by atoms with Crippen molar-refractivity contribution in [1.29, 1.82) is 0 Å². The van der Waals surface area contributed by atoms with Gasteiger partial charge < -0.3 is 18.6 Å². The lowest BCUT2D eigenvalue weighted by Crippen LogP contribution is -2.29. The lowest BCUT2D eigenvalue weighted by Gasteiger charge is -2.26. The van der Waals surface area contributed by atoms with Gasteiger partial charge in [-0.3, -0.25) is 14.5 Å². The molecule has 4 aromatic rings. The van der Waals surface area contributed by atoms with Crippen LogP contribution in [0.4, 0.5) is 5.69 Å². The van der Waals surface area contributed by atoms with E-state index in [1.54, 1.807) is 36.3 Å². The van der Waals surface area contributed by atoms with Crippen LogP contribution in [0, 0.1) is 13.8 Å². The van der Waals surface area contributed by atoms with E-state index in [2.05, 4.69) is 0 Å². The average molecular weight is 500 g/mol. The van der Waals surface area contributed by atoms with Gasteiger partial charge in [0.2, 0.25) is 5.76 Å². The summed E-state index contributed by atoms with van der Waals surface area (Å²) in [5.41, 5.74) is 3.78. The number of fused-ring (bicyclic) bond motifs is 2. The molecule has 3 aromatic carbocycles. The van der Waals surface area contributed by atoms with Crippen molar-refractivity contribution in [2.75, 3.05) is 25.2 Å². The Morgan fingerprint density at radius 3 is 2.22 bits per heavy atom. The third kappa shape index (κ3) is 4.10. The van der Waals surface area contributed by atoms with E-state index in [1.807, 2.05) is 58.0 Å². The van der Waals surface area contributed by atoms with Gasteiger partial charge in [0, 0.05) is 5.69 Å². The van der Waals surface area contributed by atoms with Crippen molar-refractivity contribution in [3.63, 3.8) is 0 Å². The number of nitrogens with zero attached hydrogens (tertiary/aromatic N) is 1. The highest BCUT2D eigenvalue weighted by Gasteiger charge is 2.44. The second-order valence-electron chi connectivity index (χ2n) is 8.95. The van der Waals surface area contributed by atoms with Crippen molar-refractivity contribution < 1.29 is 23.4 Å². The van der Waals surface area contributed by atoms with Gasteiger partial charge in [-0.05, 0) is 92.9 Å². The Hall–Kier alpha value is -4.26. The first kappa shape index (κ1) is 24.4. The Labute approximate surface area is 215 Å². The van der Waals surface area contributed by atoms with Crippen molar-refractivity contribution in [3.05, 3.63) is 92.8 Å². The highest BCUT2D eigenvalue weighted by Crippen LogP contribution is 2.43. The molecule has 0 fully saturated rings. The summed E-state index contributed by atoms with van der Waals surface area (Å²) in [5, 5.41) is 0.451. The summed E-state index contributed by atoms with van der Waals surface area (Å²) in [6, 6.07) is 15.6. The van der Waals surface area contributed by atoms with Crippen molar-refractivity contribution in [1.82, 2.24) is 0 Å². The van der Waals surface area contributed by atoms with Crippen LogP contribution in [0.5, 0.6) is 17.2 Å². The number of benzene rings is 3. The SMILES string of the molecule is CCOc1ccc(C2c3c(oc4cc(C)c(C)cc4c3=O)C(=O)N2c2ccc(OC)cc2)cc1OCC. The van der Waals surface area contributed by atoms with Crippen LogP contribution in [-0.2, 0) is 0 Å². The smallest absolute Gasteiger partial charge is 0.295 e. The van der Waals surface area contributed by atoms with Crippen LogP contribution in [0.15, 0.2) is 63.8 Å². The zero-order chi connectivity index (χ0) is 26.3. The van der Waals surface area contributed by atoms with Crippen LogP contribution >= 0.6 is 0 Å². The number of rotatable bonds is 7. The fourth-order valence-electron chi connectivity index (χ4n) is 4.79. The van der Waals surface area contributed by atoms with Crippen LogP contribution in [0.3, 0.4) is 0 Å². The van der Waals surface area contributed by atoms with E-state index in [4.69, 9.17) is 18.6 Å². The molecule has 2 heterocycles. The first-order chi connectivity index (χ1) is 17.9. The van der Waals surface area contributed by atoms with Gasteiger partial charge >= 0.3 is 0 Å². The van der Waals surface area contributed by atoms with Gasteiger partial charge in [0.15, 0.2) is 16.9 Å². The van der Waals surface area contributed by atoms with E-state index in [0.29, 0.717) is 58.2 Å². The number of aryl methyl sites for hydroxylation is 2. The zero-order valence-electron chi connectivity index (χ0n) is 21.6. The van der Waals surface area contributed by atoms with Gasteiger partial charge in [0.1, 0.15) is 11.3 Å². The topological polar surface area (TPSA) is 78.2 Å². The molecular formula is C30H29NO6. The third-order valence-electron chi connectivity index (χ3n) is 6.72. The first-order valence-corrected chi connectivity index (χ1v) is 12.3. The van der Waals surface area contributed by atoms with Crippen LogP contribution in [0.25, 0.3) is 11.0 Å². The number of hydrogen-bond donors (Lipinski definition) is 0. The molecule has 190 valence electrons. The predicted octanol–water partition coefficient (Wildman–Crippen LogP) is 5.97. The number of carbonyl (C=O) groups excluding carboxylic acids is 1. The van der Waals surface area contributed by atoms with E-state index >= 15 is 0 Å². The van der Waals surface area contributed by atoms with Crippen molar-refractivity contribution in [2.45, 2.75) is 33.7 Å². The standard InChI is InChI=1S/C30H29NO6/c1-6-35-23-13-8-19(16-25(23)36-7-2)27-26-28(32)22-14-17(3)18(4)15-24(22)37-29(26)30(33)31(27)20-9-11-21(34-5)12-10-20/h8-16,27H,6-7H2,1-5H3. The van der Waals surface area contributed by atoms with Crippen LogP contribution in [0.1, 0.15) is 52.7 Å². The largest absolute Gasteiger partial charge is 0.497 e. The van der Waals surface area contributed by atoms with Gasteiger partial charge in [-0.25, -0.2) is 0 Å². The molecule has 1 aliphatic rings. The summed E-state index contributed by atoms with van der Waals surface area (Å²) in [5.74, 6) is 1.48. The first-order valence-electron chi connectivity index (χ1n) is 12.3. The molecule has 0 radical (unpaired) electrons.